The highest BCUT2D eigenvalue weighted by Gasteiger charge is 2.18. The average Bonchev–Trinajstić information content (AvgIpc) is 3.36. The summed E-state index contributed by atoms with van der Waals surface area (Å²) in [7, 11) is 0. The lowest BCUT2D eigenvalue weighted by molar-refractivity contribution is 0.754. The van der Waals surface area contributed by atoms with Crippen LogP contribution in [0.25, 0.3) is 26.9 Å². The summed E-state index contributed by atoms with van der Waals surface area (Å²) in [6, 6.07) is 13.1. The van der Waals surface area contributed by atoms with Gasteiger partial charge in [0.1, 0.15) is 0 Å². The lowest BCUT2D eigenvalue weighted by atomic mass is 10.2. The van der Waals surface area contributed by atoms with Crippen LogP contribution in [-0.4, -0.2) is 19.1 Å². The summed E-state index contributed by atoms with van der Waals surface area (Å²) in [5, 5.41) is 5.25. The molecule has 9 heteroatoms. The number of halogens is 2. The molecule has 2 aromatic carbocycles. The van der Waals surface area contributed by atoms with Gasteiger partial charge in [-0.15, -0.1) is 11.3 Å². The summed E-state index contributed by atoms with van der Waals surface area (Å²) in [5.74, 6) is 0.674. The first-order chi connectivity index (χ1) is 15.0. The van der Waals surface area contributed by atoms with E-state index in [9.17, 15) is 4.79 Å². The van der Waals surface area contributed by atoms with Gasteiger partial charge in [0.05, 0.1) is 12.0 Å². The number of rotatable bonds is 5. The van der Waals surface area contributed by atoms with Crippen molar-refractivity contribution in [2.24, 2.45) is 0 Å². The zero-order valence-corrected chi connectivity index (χ0v) is 19.5. The first-order valence-corrected chi connectivity index (χ1v) is 12.2. The Morgan fingerprint density at radius 3 is 2.65 bits per heavy atom. The van der Waals surface area contributed by atoms with E-state index in [0.717, 1.165) is 9.72 Å². The van der Waals surface area contributed by atoms with Gasteiger partial charge in [-0.05, 0) is 59.7 Å². The molecule has 156 valence electrons. The van der Waals surface area contributed by atoms with Crippen LogP contribution in [0.3, 0.4) is 0 Å². The standard InChI is InChI=1S/C22H16Cl2N4OS2/c1-2-27-12-25-19-20(27)26-22(28(21(19)29)16-6-3-14(23)4-7-16)31-11-13-10-30-18-9-15(24)5-8-17(13)18/h3-10,12H,2,11H2,1H3. The Bertz CT molecular complexity index is 1470. The Kier molecular flexibility index (Phi) is 5.52. The Balaban J connectivity index is 1.62. The third kappa shape index (κ3) is 3.76. The molecule has 0 spiro atoms. The van der Waals surface area contributed by atoms with Crippen LogP contribution in [0.4, 0.5) is 0 Å². The van der Waals surface area contributed by atoms with Crippen molar-refractivity contribution in [1.82, 2.24) is 19.1 Å². The summed E-state index contributed by atoms with van der Waals surface area (Å²) in [6.07, 6.45) is 1.66. The molecular weight excluding hydrogens is 471 g/mol. The van der Waals surface area contributed by atoms with Gasteiger partial charge in [-0.25, -0.2) is 9.97 Å². The molecule has 5 rings (SSSR count). The maximum atomic E-state index is 13.4. The Labute approximate surface area is 196 Å². The first-order valence-electron chi connectivity index (χ1n) is 9.57. The van der Waals surface area contributed by atoms with Gasteiger partial charge in [0.25, 0.3) is 5.56 Å². The molecule has 0 N–H and O–H groups in total. The van der Waals surface area contributed by atoms with Crippen molar-refractivity contribution in [3.05, 3.63) is 80.1 Å². The van der Waals surface area contributed by atoms with Crippen LogP contribution in [0.15, 0.2) is 64.1 Å². The van der Waals surface area contributed by atoms with E-state index in [4.69, 9.17) is 28.2 Å². The normalized spacial score (nSPS) is 11.6. The number of hydrogen-bond acceptors (Lipinski definition) is 5. The predicted octanol–water partition coefficient (Wildman–Crippen LogP) is 6.42. The number of aromatic nitrogens is 4. The molecule has 3 aromatic heterocycles. The summed E-state index contributed by atoms with van der Waals surface area (Å²) >= 11 is 15.4. The van der Waals surface area contributed by atoms with Crippen molar-refractivity contribution in [2.45, 2.75) is 24.4 Å². The quantitative estimate of drug-likeness (QED) is 0.212. The molecule has 3 heterocycles. The molecule has 0 atom stereocenters. The largest absolute Gasteiger partial charge is 0.315 e. The highest BCUT2D eigenvalue weighted by Crippen LogP contribution is 2.33. The van der Waals surface area contributed by atoms with E-state index in [-0.39, 0.29) is 5.56 Å². The molecule has 0 amide bonds. The Morgan fingerprint density at radius 1 is 1.10 bits per heavy atom. The van der Waals surface area contributed by atoms with Crippen LogP contribution in [0.1, 0.15) is 12.5 Å². The molecule has 0 fully saturated rings. The SMILES string of the molecule is CCn1cnc2c(=O)n(-c3ccc(Cl)cc3)c(SCc3csc4cc(Cl)ccc34)nc21. The minimum Gasteiger partial charge on any atom is -0.315 e. The van der Waals surface area contributed by atoms with Crippen molar-refractivity contribution in [3.8, 4) is 5.69 Å². The van der Waals surface area contributed by atoms with E-state index in [1.54, 1.807) is 34.4 Å². The van der Waals surface area contributed by atoms with Crippen LogP contribution >= 0.6 is 46.3 Å². The fraction of sp³-hybridized carbons (Fsp3) is 0.136. The summed E-state index contributed by atoms with van der Waals surface area (Å²) in [5.41, 5.74) is 2.66. The van der Waals surface area contributed by atoms with Gasteiger partial charge in [0, 0.05) is 27.0 Å². The molecule has 5 aromatic rings. The highest BCUT2D eigenvalue weighted by molar-refractivity contribution is 7.98. The maximum Gasteiger partial charge on any atom is 0.286 e. The molecule has 0 aliphatic carbocycles. The van der Waals surface area contributed by atoms with Crippen molar-refractivity contribution in [2.75, 3.05) is 0 Å². The van der Waals surface area contributed by atoms with E-state index in [2.05, 4.69) is 10.4 Å². The lowest BCUT2D eigenvalue weighted by Gasteiger charge is -2.12. The molecular formula is C22H16Cl2N4OS2. The fourth-order valence-electron chi connectivity index (χ4n) is 3.43. The number of benzene rings is 2. The van der Waals surface area contributed by atoms with Crippen molar-refractivity contribution in [3.63, 3.8) is 0 Å². The number of fused-ring (bicyclic) bond motifs is 2. The molecule has 0 unspecified atom stereocenters. The van der Waals surface area contributed by atoms with Crippen molar-refractivity contribution < 1.29 is 0 Å². The van der Waals surface area contributed by atoms with Gasteiger partial charge in [-0.2, -0.15) is 0 Å². The van der Waals surface area contributed by atoms with Gasteiger partial charge >= 0.3 is 0 Å². The highest BCUT2D eigenvalue weighted by atomic mass is 35.5. The molecule has 0 bridgehead atoms. The third-order valence-electron chi connectivity index (χ3n) is 5.01. The molecule has 0 saturated carbocycles. The Hall–Kier alpha value is -2.32. The third-order valence-corrected chi connectivity index (χ3v) is 7.48. The molecule has 0 radical (unpaired) electrons. The lowest BCUT2D eigenvalue weighted by Crippen LogP contribution is -2.22. The van der Waals surface area contributed by atoms with Crippen LogP contribution in [0.5, 0.6) is 0 Å². The summed E-state index contributed by atoms with van der Waals surface area (Å²) < 4.78 is 4.64. The second-order valence-electron chi connectivity index (χ2n) is 6.90. The average molecular weight is 487 g/mol. The van der Waals surface area contributed by atoms with Crippen LogP contribution in [0, 0.1) is 0 Å². The van der Waals surface area contributed by atoms with Crippen LogP contribution in [0.2, 0.25) is 10.0 Å². The first kappa shape index (κ1) is 20.6. The number of aryl methyl sites for hydroxylation is 1. The van der Waals surface area contributed by atoms with E-state index in [1.807, 2.05) is 41.8 Å². The second-order valence-corrected chi connectivity index (χ2v) is 9.63. The van der Waals surface area contributed by atoms with Gasteiger partial charge in [-0.1, -0.05) is 41.0 Å². The summed E-state index contributed by atoms with van der Waals surface area (Å²) in [6.45, 7) is 2.69. The van der Waals surface area contributed by atoms with E-state index in [1.165, 1.54) is 22.7 Å². The van der Waals surface area contributed by atoms with Crippen molar-refractivity contribution >= 4 is 67.6 Å². The molecule has 0 aliphatic rings. The van der Waals surface area contributed by atoms with Crippen LogP contribution in [-0.2, 0) is 12.3 Å². The van der Waals surface area contributed by atoms with E-state index >= 15 is 0 Å². The maximum absolute atomic E-state index is 13.4. The molecule has 31 heavy (non-hydrogen) atoms. The number of thiophene rings is 1. The minimum absolute atomic E-state index is 0.191. The number of nitrogens with zero attached hydrogens (tertiary/aromatic N) is 4. The molecule has 0 saturated heterocycles. The van der Waals surface area contributed by atoms with Gasteiger partial charge in [0.15, 0.2) is 16.3 Å². The van der Waals surface area contributed by atoms with E-state index in [0.29, 0.717) is 39.3 Å². The minimum atomic E-state index is -0.191. The van der Waals surface area contributed by atoms with E-state index < -0.39 is 0 Å². The summed E-state index contributed by atoms with van der Waals surface area (Å²) in [4.78, 5) is 22.5. The monoisotopic (exact) mass is 486 g/mol. The molecule has 5 nitrogen and oxygen atoms in total. The number of hydrogen-bond donors (Lipinski definition) is 0. The number of imidazole rings is 1. The Morgan fingerprint density at radius 2 is 1.87 bits per heavy atom. The topological polar surface area (TPSA) is 52.7 Å². The number of thioether (sulfide) groups is 1. The predicted molar refractivity (Wildman–Crippen MR) is 130 cm³/mol. The molecule has 0 aliphatic heterocycles. The van der Waals surface area contributed by atoms with Gasteiger partial charge in [-0.3, -0.25) is 9.36 Å². The smallest absolute Gasteiger partial charge is 0.286 e. The van der Waals surface area contributed by atoms with Gasteiger partial charge < -0.3 is 4.57 Å². The second kappa shape index (κ2) is 8.31. The zero-order chi connectivity index (χ0) is 21.5. The fourth-order valence-corrected chi connectivity index (χ4v) is 5.90. The van der Waals surface area contributed by atoms with Crippen LogP contribution < -0.4 is 5.56 Å². The van der Waals surface area contributed by atoms with Gasteiger partial charge in [0.2, 0.25) is 0 Å². The zero-order valence-electron chi connectivity index (χ0n) is 16.4. The van der Waals surface area contributed by atoms with Crippen molar-refractivity contribution in [1.29, 1.82) is 0 Å².